The van der Waals surface area contributed by atoms with Crippen molar-refractivity contribution in [2.75, 3.05) is 39.9 Å². The Kier molecular flexibility index (Phi) is 4.62. The molecule has 3 heteroatoms. The lowest BCUT2D eigenvalue weighted by Gasteiger charge is -2.24. The van der Waals surface area contributed by atoms with Crippen LogP contribution in [-0.2, 0) is 4.74 Å². The molecule has 1 aliphatic heterocycles. The van der Waals surface area contributed by atoms with Gasteiger partial charge >= 0.3 is 0 Å². The summed E-state index contributed by atoms with van der Waals surface area (Å²) in [4.78, 5) is 2.50. The van der Waals surface area contributed by atoms with Crippen LogP contribution in [0.4, 0.5) is 0 Å². The molecule has 1 heterocycles. The molecule has 1 saturated carbocycles. The molecule has 0 aromatic rings. The van der Waals surface area contributed by atoms with Gasteiger partial charge in [-0.05, 0) is 45.1 Å². The van der Waals surface area contributed by atoms with Crippen LogP contribution in [0.15, 0.2) is 0 Å². The molecule has 1 aliphatic carbocycles. The Bertz CT molecular complexity index is 200. The van der Waals surface area contributed by atoms with Gasteiger partial charge in [0.1, 0.15) is 0 Å². The van der Waals surface area contributed by atoms with Gasteiger partial charge < -0.3 is 15.0 Å². The minimum absolute atomic E-state index is 0.756. The molecule has 2 fully saturated rings. The van der Waals surface area contributed by atoms with Gasteiger partial charge in [0, 0.05) is 32.3 Å². The molecule has 2 aliphatic rings. The Balaban J connectivity index is 1.49. The van der Waals surface area contributed by atoms with Gasteiger partial charge in [-0.3, -0.25) is 0 Å². The van der Waals surface area contributed by atoms with Crippen LogP contribution in [0.3, 0.4) is 0 Å². The summed E-state index contributed by atoms with van der Waals surface area (Å²) in [6.45, 7) is 7.70. The summed E-state index contributed by atoms with van der Waals surface area (Å²) in [5, 5.41) is 3.55. The summed E-state index contributed by atoms with van der Waals surface area (Å²) >= 11 is 0. The normalized spacial score (nSPS) is 27.6. The second-order valence-electron chi connectivity index (χ2n) is 5.49. The first-order valence-electron chi connectivity index (χ1n) is 6.76. The third-order valence-corrected chi connectivity index (χ3v) is 4.10. The SMILES string of the molecule is CC(C1CC1)N(C)CCNCC1CCOC1. The van der Waals surface area contributed by atoms with Crippen molar-refractivity contribution in [2.45, 2.75) is 32.2 Å². The minimum Gasteiger partial charge on any atom is -0.381 e. The molecule has 1 saturated heterocycles. The van der Waals surface area contributed by atoms with Crippen molar-refractivity contribution in [2.24, 2.45) is 11.8 Å². The molecule has 0 aromatic heterocycles. The summed E-state index contributed by atoms with van der Waals surface area (Å²) in [7, 11) is 2.25. The molecule has 0 radical (unpaired) electrons. The maximum absolute atomic E-state index is 5.36. The Labute approximate surface area is 99.5 Å². The van der Waals surface area contributed by atoms with Gasteiger partial charge in [-0.2, -0.15) is 0 Å². The highest BCUT2D eigenvalue weighted by molar-refractivity contribution is 4.84. The zero-order valence-electron chi connectivity index (χ0n) is 10.7. The van der Waals surface area contributed by atoms with Crippen molar-refractivity contribution in [1.82, 2.24) is 10.2 Å². The van der Waals surface area contributed by atoms with E-state index in [9.17, 15) is 0 Å². The average molecular weight is 226 g/mol. The first kappa shape index (κ1) is 12.3. The van der Waals surface area contributed by atoms with E-state index in [2.05, 4.69) is 24.2 Å². The Morgan fingerprint density at radius 2 is 2.19 bits per heavy atom. The number of ether oxygens (including phenoxy) is 1. The third-order valence-electron chi connectivity index (χ3n) is 4.10. The van der Waals surface area contributed by atoms with Crippen LogP contribution in [0.25, 0.3) is 0 Å². The Morgan fingerprint density at radius 3 is 2.81 bits per heavy atom. The van der Waals surface area contributed by atoms with Gasteiger partial charge in [0.2, 0.25) is 0 Å². The first-order valence-corrected chi connectivity index (χ1v) is 6.76. The molecule has 94 valence electrons. The van der Waals surface area contributed by atoms with Gasteiger partial charge in [-0.15, -0.1) is 0 Å². The number of likely N-dealkylation sites (N-methyl/N-ethyl adjacent to an activating group) is 1. The molecule has 3 nitrogen and oxygen atoms in total. The zero-order valence-corrected chi connectivity index (χ0v) is 10.7. The summed E-state index contributed by atoms with van der Waals surface area (Å²) in [5.41, 5.74) is 0. The average Bonchev–Trinajstić information content (AvgIpc) is 3.01. The van der Waals surface area contributed by atoms with Gasteiger partial charge in [0.15, 0.2) is 0 Å². The highest BCUT2D eigenvalue weighted by atomic mass is 16.5. The molecular formula is C13H26N2O. The molecule has 2 atom stereocenters. The van der Waals surface area contributed by atoms with E-state index in [1.807, 2.05) is 0 Å². The molecule has 0 spiro atoms. The van der Waals surface area contributed by atoms with E-state index in [1.165, 1.54) is 25.8 Å². The monoisotopic (exact) mass is 226 g/mol. The van der Waals surface area contributed by atoms with Gasteiger partial charge in [-0.25, -0.2) is 0 Å². The van der Waals surface area contributed by atoms with Crippen LogP contribution in [-0.4, -0.2) is 50.8 Å². The van der Waals surface area contributed by atoms with E-state index >= 15 is 0 Å². The van der Waals surface area contributed by atoms with E-state index < -0.39 is 0 Å². The van der Waals surface area contributed by atoms with E-state index in [0.717, 1.165) is 44.2 Å². The number of nitrogens with one attached hydrogen (secondary N) is 1. The number of hydrogen-bond acceptors (Lipinski definition) is 3. The van der Waals surface area contributed by atoms with Crippen LogP contribution < -0.4 is 5.32 Å². The van der Waals surface area contributed by atoms with Crippen molar-refractivity contribution >= 4 is 0 Å². The standard InChI is InChI=1S/C13H26N2O/c1-11(13-3-4-13)15(2)7-6-14-9-12-5-8-16-10-12/h11-14H,3-10H2,1-2H3. The first-order chi connectivity index (χ1) is 7.77. The quantitative estimate of drug-likeness (QED) is 0.663. The van der Waals surface area contributed by atoms with Gasteiger partial charge in [0.05, 0.1) is 6.61 Å². The molecule has 0 bridgehead atoms. The highest BCUT2D eigenvalue weighted by Gasteiger charge is 2.30. The van der Waals surface area contributed by atoms with E-state index in [-0.39, 0.29) is 0 Å². The van der Waals surface area contributed by atoms with E-state index in [4.69, 9.17) is 4.74 Å². The summed E-state index contributed by atoms with van der Waals surface area (Å²) in [6, 6.07) is 0.775. The smallest absolute Gasteiger partial charge is 0.0507 e. The second kappa shape index (κ2) is 5.99. The van der Waals surface area contributed by atoms with E-state index in [1.54, 1.807) is 0 Å². The number of nitrogens with zero attached hydrogens (tertiary/aromatic N) is 1. The number of rotatable bonds is 7. The molecule has 0 amide bonds. The zero-order chi connectivity index (χ0) is 11.4. The largest absolute Gasteiger partial charge is 0.381 e. The van der Waals surface area contributed by atoms with Gasteiger partial charge in [-0.1, -0.05) is 0 Å². The maximum Gasteiger partial charge on any atom is 0.0507 e. The van der Waals surface area contributed by atoms with E-state index in [0.29, 0.717) is 0 Å². The van der Waals surface area contributed by atoms with Crippen molar-refractivity contribution in [1.29, 1.82) is 0 Å². The maximum atomic E-state index is 5.36. The molecule has 2 unspecified atom stereocenters. The summed E-state index contributed by atoms with van der Waals surface area (Å²) in [5.74, 6) is 1.74. The molecule has 16 heavy (non-hydrogen) atoms. The van der Waals surface area contributed by atoms with Crippen LogP contribution in [0.5, 0.6) is 0 Å². The molecule has 2 rings (SSSR count). The summed E-state index contributed by atoms with van der Waals surface area (Å²) < 4.78 is 5.36. The molecule has 1 N–H and O–H groups in total. The Morgan fingerprint density at radius 1 is 1.38 bits per heavy atom. The van der Waals surface area contributed by atoms with Crippen LogP contribution in [0.1, 0.15) is 26.2 Å². The topological polar surface area (TPSA) is 24.5 Å². The highest BCUT2D eigenvalue weighted by Crippen LogP contribution is 2.34. The van der Waals surface area contributed by atoms with Crippen molar-refractivity contribution in [3.8, 4) is 0 Å². The second-order valence-corrected chi connectivity index (χ2v) is 5.49. The lowest BCUT2D eigenvalue weighted by molar-refractivity contribution is 0.184. The van der Waals surface area contributed by atoms with Crippen LogP contribution in [0.2, 0.25) is 0 Å². The van der Waals surface area contributed by atoms with Gasteiger partial charge in [0.25, 0.3) is 0 Å². The van der Waals surface area contributed by atoms with Crippen molar-refractivity contribution in [3.05, 3.63) is 0 Å². The van der Waals surface area contributed by atoms with Crippen LogP contribution in [0, 0.1) is 11.8 Å². The van der Waals surface area contributed by atoms with Crippen molar-refractivity contribution in [3.63, 3.8) is 0 Å². The lowest BCUT2D eigenvalue weighted by Crippen LogP contribution is -2.37. The van der Waals surface area contributed by atoms with Crippen LogP contribution >= 0.6 is 0 Å². The fourth-order valence-corrected chi connectivity index (χ4v) is 2.45. The fourth-order valence-electron chi connectivity index (χ4n) is 2.45. The minimum atomic E-state index is 0.756. The molecular weight excluding hydrogens is 200 g/mol. The molecule has 0 aromatic carbocycles. The third kappa shape index (κ3) is 3.72. The number of hydrogen-bond donors (Lipinski definition) is 1. The lowest BCUT2D eigenvalue weighted by atomic mass is 10.1. The van der Waals surface area contributed by atoms with Crippen molar-refractivity contribution < 1.29 is 4.74 Å². The predicted octanol–water partition coefficient (Wildman–Crippen LogP) is 1.34. The Hall–Kier alpha value is -0.120. The fraction of sp³-hybridized carbons (Fsp3) is 1.00. The predicted molar refractivity (Wildman–Crippen MR) is 66.6 cm³/mol. The summed E-state index contributed by atoms with van der Waals surface area (Å²) in [6.07, 6.45) is 4.12.